The molecule has 35 heavy (non-hydrogen) atoms. The number of allylic oxidation sites excluding steroid dienone is 3. The predicted octanol–water partition coefficient (Wildman–Crippen LogP) is 5.86. The number of aldehydes is 1. The number of epoxide rings is 1. The first-order chi connectivity index (χ1) is 16.4. The molecule has 0 amide bonds. The predicted molar refractivity (Wildman–Crippen MR) is 136 cm³/mol. The van der Waals surface area contributed by atoms with Crippen LogP contribution in [0.4, 0.5) is 0 Å². The molecular formula is C30H44O5. The van der Waals surface area contributed by atoms with Gasteiger partial charge in [-0.1, -0.05) is 46.8 Å². The molecule has 0 bridgehead atoms. The first-order valence-electron chi connectivity index (χ1n) is 13.6. The standard InChI is InChI=1S/C30H44O5/c1-18(2)19(3)8-9-20(4)24-10-11-25(28(24,6)14-15-31)23-16-26-30(35-26)17-22(34-21(5)32)12-13-29(30,7)27(23)33/h8-9,15-16,18-20,22,24-26H,10-14,17H2,1-7H3/b9-8+/t19-,20-,22-,24+,25-,26-,28-,29+,30-/m0/s1. The summed E-state index contributed by atoms with van der Waals surface area (Å²) < 4.78 is 11.8. The van der Waals surface area contributed by atoms with Crippen molar-refractivity contribution in [3.63, 3.8) is 0 Å². The van der Waals surface area contributed by atoms with Crippen molar-refractivity contribution in [2.75, 3.05) is 0 Å². The van der Waals surface area contributed by atoms with Crippen molar-refractivity contribution in [1.82, 2.24) is 0 Å². The Labute approximate surface area is 211 Å². The zero-order chi connectivity index (χ0) is 25.8. The van der Waals surface area contributed by atoms with Crippen LogP contribution < -0.4 is 0 Å². The fourth-order valence-electron chi connectivity index (χ4n) is 7.59. The Kier molecular flexibility index (Phi) is 6.98. The molecule has 5 nitrogen and oxygen atoms in total. The summed E-state index contributed by atoms with van der Waals surface area (Å²) in [7, 11) is 0. The summed E-state index contributed by atoms with van der Waals surface area (Å²) in [6.45, 7) is 14.7. The lowest BCUT2D eigenvalue weighted by molar-refractivity contribution is -0.153. The van der Waals surface area contributed by atoms with Gasteiger partial charge in [0.05, 0.1) is 5.41 Å². The molecule has 3 fully saturated rings. The van der Waals surface area contributed by atoms with E-state index in [0.717, 1.165) is 24.7 Å². The minimum Gasteiger partial charge on any atom is -0.462 e. The Morgan fingerprint density at radius 3 is 2.51 bits per heavy atom. The zero-order valence-corrected chi connectivity index (χ0v) is 22.6. The second kappa shape index (κ2) is 9.28. The fraction of sp³-hybridized carbons (Fsp3) is 0.767. The molecule has 0 radical (unpaired) electrons. The van der Waals surface area contributed by atoms with Gasteiger partial charge in [-0.05, 0) is 79.3 Å². The van der Waals surface area contributed by atoms with Gasteiger partial charge in [-0.25, -0.2) is 0 Å². The monoisotopic (exact) mass is 484 g/mol. The van der Waals surface area contributed by atoms with Crippen molar-refractivity contribution in [3.8, 4) is 0 Å². The van der Waals surface area contributed by atoms with Crippen molar-refractivity contribution >= 4 is 18.0 Å². The van der Waals surface area contributed by atoms with Crippen LogP contribution in [0.3, 0.4) is 0 Å². The first-order valence-corrected chi connectivity index (χ1v) is 13.6. The van der Waals surface area contributed by atoms with Crippen LogP contribution in [0.5, 0.6) is 0 Å². The Morgan fingerprint density at radius 1 is 1.17 bits per heavy atom. The van der Waals surface area contributed by atoms with Gasteiger partial charge in [0.1, 0.15) is 24.1 Å². The molecule has 1 saturated heterocycles. The molecule has 0 aromatic rings. The Bertz CT molecular complexity index is 933. The SMILES string of the molecule is CC(=O)O[C@H]1CC[C@]2(C)C(=O)C([C@@H]3CC[C@H]([C@@H](C)/C=C/[C@H](C)C(C)C)[C@]3(C)CC=O)=C[C@@H]3O[C@@]32C1. The van der Waals surface area contributed by atoms with E-state index in [1.165, 1.54) is 6.92 Å². The van der Waals surface area contributed by atoms with Crippen LogP contribution in [0.1, 0.15) is 87.0 Å². The molecule has 1 aliphatic heterocycles. The fourth-order valence-corrected chi connectivity index (χ4v) is 7.59. The molecule has 1 heterocycles. The van der Waals surface area contributed by atoms with Gasteiger partial charge < -0.3 is 14.3 Å². The second-order valence-electron chi connectivity index (χ2n) is 12.6. The highest BCUT2D eigenvalue weighted by atomic mass is 16.6. The van der Waals surface area contributed by atoms with Crippen LogP contribution >= 0.6 is 0 Å². The average Bonchev–Trinajstić information content (AvgIpc) is 3.38. The maximum absolute atomic E-state index is 14.1. The minimum absolute atomic E-state index is 0.0637. The molecule has 2 saturated carbocycles. The van der Waals surface area contributed by atoms with Crippen LogP contribution in [-0.2, 0) is 23.9 Å². The Hall–Kier alpha value is -1.75. The molecule has 0 N–H and O–H groups in total. The Morgan fingerprint density at radius 2 is 1.89 bits per heavy atom. The molecule has 194 valence electrons. The van der Waals surface area contributed by atoms with Crippen LogP contribution in [0, 0.1) is 40.4 Å². The largest absolute Gasteiger partial charge is 0.462 e. The molecule has 3 aliphatic carbocycles. The van der Waals surface area contributed by atoms with E-state index in [-0.39, 0.29) is 35.3 Å². The van der Waals surface area contributed by atoms with Gasteiger partial charge in [-0.2, -0.15) is 0 Å². The highest BCUT2D eigenvalue weighted by Gasteiger charge is 2.74. The highest BCUT2D eigenvalue weighted by Crippen LogP contribution is 2.66. The zero-order valence-electron chi connectivity index (χ0n) is 22.6. The third kappa shape index (κ3) is 4.26. The van der Waals surface area contributed by atoms with E-state index in [9.17, 15) is 14.4 Å². The summed E-state index contributed by atoms with van der Waals surface area (Å²) in [6.07, 6.45) is 11.8. The molecular weight excluding hydrogens is 440 g/mol. The summed E-state index contributed by atoms with van der Waals surface area (Å²) in [5.41, 5.74) is -0.519. The maximum Gasteiger partial charge on any atom is 0.302 e. The van der Waals surface area contributed by atoms with Crippen LogP contribution in [0.25, 0.3) is 0 Å². The topological polar surface area (TPSA) is 73.0 Å². The van der Waals surface area contributed by atoms with Gasteiger partial charge in [0.2, 0.25) is 0 Å². The van der Waals surface area contributed by atoms with E-state index in [1.807, 2.05) is 0 Å². The Balaban J connectivity index is 1.60. The van der Waals surface area contributed by atoms with E-state index < -0.39 is 11.0 Å². The molecule has 1 spiro atoms. The number of Topliss-reactive ketones (excluding diaryl/α,β-unsaturated/α-hetero) is 1. The smallest absolute Gasteiger partial charge is 0.302 e. The van der Waals surface area contributed by atoms with Gasteiger partial charge in [-0.15, -0.1) is 0 Å². The highest BCUT2D eigenvalue weighted by molar-refractivity contribution is 6.03. The second-order valence-corrected chi connectivity index (χ2v) is 12.6. The maximum atomic E-state index is 14.1. The average molecular weight is 485 g/mol. The number of ketones is 1. The van der Waals surface area contributed by atoms with Gasteiger partial charge >= 0.3 is 5.97 Å². The van der Waals surface area contributed by atoms with Gasteiger partial charge in [-0.3, -0.25) is 9.59 Å². The van der Waals surface area contributed by atoms with E-state index >= 15 is 0 Å². The van der Waals surface area contributed by atoms with Crippen LogP contribution in [0.15, 0.2) is 23.8 Å². The van der Waals surface area contributed by atoms with Gasteiger partial charge in [0, 0.05) is 19.8 Å². The molecule has 0 unspecified atom stereocenters. The van der Waals surface area contributed by atoms with Gasteiger partial charge in [0.15, 0.2) is 5.78 Å². The summed E-state index contributed by atoms with van der Waals surface area (Å²) in [5.74, 6) is 1.77. The normalized spacial score (nSPS) is 42.3. The summed E-state index contributed by atoms with van der Waals surface area (Å²) in [4.78, 5) is 37.5. The lowest BCUT2D eigenvalue weighted by Gasteiger charge is -2.46. The molecule has 5 heteroatoms. The van der Waals surface area contributed by atoms with Crippen LogP contribution in [0.2, 0.25) is 0 Å². The minimum atomic E-state index is -0.600. The molecule has 0 aromatic carbocycles. The summed E-state index contributed by atoms with van der Waals surface area (Å²) in [6, 6.07) is 0. The number of hydrogen-bond acceptors (Lipinski definition) is 5. The number of esters is 1. The lowest BCUT2D eigenvalue weighted by atomic mass is 9.55. The third-order valence-corrected chi connectivity index (χ3v) is 10.3. The number of hydrogen-bond donors (Lipinski definition) is 0. The van der Waals surface area contributed by atoms with Crippen molar-refractivity contribution in [2.24, 2.45) is 40.4 Å². The lowest BCUT2D eigenvalue weighted by Crippen LogP contribution is -2.54. The van der Waals surface area contributed by atoms with Crippen molar-refractivity contribution < 1.29 is 23.9 Å². The first kappa shape index (κ1) is 26.3. The number of rotatable bonds is 8. The van der Waals surface area contributed by atoms with E-state index in [2.05, 4.69) is 59.8 Å². The number of carbonyl (C=O) groups excluding carboxylic acids is 3. The summed E-state index contributed by atoms with van der Waals surface area (Å²) >= 11 is 0. The quantitative estimate of drug-likeness (QED) is 0.187. The molecule has 9 atom stereocenters. The third-order valence-electron chi connectivity index (χ3n) is 10.3. The molecule has 4 rings (SSSR count). The van der Waals surface area contributed by atoms with E-state index in [1.54, 1.807) is 0 Å². The van der Waals surface area contributed by atoms with Crippen molar-refractivity contribution in [2.45, 2.75) is 105 Å². The molecule has 4 aliphatic rings. The number of ether oxygens (including phenoxy) is 2. The number of carbonyl (C=O) groups is 3. The van der Waals surface area contributed by atoms with Gasteiger partial charge in [0.25, 0.3) is 0 Å². The van der Waals surface area contributed by atoms with E-state index in [4.69, 9.17) is 9.47 Å². The van der Waals surface area contributed by atoms with Crippen molar-refractivity contribution in [1.29, 1.82) is 0 Å². The van der Waals surface area contributed by atoms with E-state index in [0.29, 0.717) is 49.4 Å². The summed E-state index contributed by atoms with van der Waals surface area (Å²) in [5, 5.41) is 0. The molecule has 0 aromatic heterocycles. The van der Waals surface area contributed by atoms with Crippen molar-refractivity contribution in [3.05, 3.63) is 23.8 Å². The van der Waals surface area contributed by atoms with Crippen LogP contribution in [-0.4, -0.2) is 35.8 Å².